The number of hydrogen-bond donors (Lipinski definition) is 0. The third-order valence-corrected chi connectivity index (χ3v) is 14.5. The van der Waals surface area contributed by atoms with Crippen LogP contribution in [0.25, 0.3) is 95.6 Å². The maximum atomic E-state index is 2.49. The van der Waals surface area contributed by atoms with Crippen molar-refractivity contribution in [3.63, 3.8) is 0 Å². The predicted molar refractivity (Wildman–Crippen MR) is 266 cm³/mol. The Kier molecular flexibility index (Phi) is 8.62. The van der Waals surface area contributed by atoms with Gasteiger partial charge in [0.25, 0.3) is 0 Å². The van der Waals surface area contributed by atoms with Gasteiger partial charge in [0, 0.05) is 57.2 Å². The van der Waals surface area contributed by atoms with E-state index in [0.29, 0.717) is 0 Å². The molecule has 10 aromatic carbocycles. The van der Waals surface area contributed by atoms with E-state index in [2.05, 4.69) is 229 Å². The normalized spacial score (nSPS) is 11.6. The molecule has 0 radical (unpaired) electrons. The number of fused-ring (bicyclic) bond motifs is 7. The van der Waals surface area contributed by atoms with Crippen molar-refractivity contribution < 1.29 is 0 Å². The van der Waals surface area contributed by atoms with Gasteiger partial charge in [-0.05, 0) is 86.6 Å². The molecular weight excluding hydrogens is 775 g/mol. The molecule has 1 nitrogen and oxygen atoms in total. The second kappa shape index (κ2) is 14.8. The van der Waals surface area contributed by atoms with Crippen molar-refractivity contribution in [3.05, 3.63) is 224 Å². The average Bonchev–Trinajstić information content (AvgIpc) is 3.91. The second-order valence-corrected chi connectivity index (χ2v) is 17.7. The van der Waals surface area contributed by atoms with Gasteiger partial charge in [0.05, 0.1) is 11.4 Å². The fourth-order valence-corrected chi connectivity index (χ4v) is 11.8. The van der Waals surface area contributed by atoms with Crippen LogP contribution in [0.3, 0.4) is 0 Å². The summed E-state index contributed by atoms with van der Waals surface area (Å²) in [7, 11) is 0. The molecule has 61 heavy (non-hydrogen) atoms. The van der Waals surface area contributed by atoms with Gasteiger partial charge in [-0.15, -0.1) is 22.7 Å². The van der Waals surface area contributed by atoms with Gasteiger partial charge in [-0.2, -0.15) is 0 Å². The number of benzene rings is 10. The van der Waals surface area contributed by atoms with Crippen LogP contribution in [0.15, 0.2) is 224 Å². The quantitative estimate of drug-likeness (QED) is 0.155. The molecular formula is C58H37NS2. The van der Waals surface area contributed by atoms with Gasteiger partial charge >= 0.3 is 0 Å². The molecule has 0 fully saturated rings. The molecule has 0 saturated heterocycles. The van der Waals surface area contributed by atoms with Crippen LogP contribution in [-0.2, 0) is 0 Å². The van der Waals surface area contributed by atoms with E-state index in [1.165, 1.54) is 95.6 Å². The van der Waals surface area contributed by atoms with Crippen LogP contribution in [0.2, 0.25) is 0 Å². The standard InChI is InChI=1S/C58H37NS2/c1-2-16-38(17-3-1)42-24-12-18-40-19-13-26-47(56(40)42)44-20-4-8-29-51(44)59(41-36-34-39(35-37-41)43-25-14-28-49-46-22-6-10-31-53(46)61-58(43)49)52-30-9-5-21-45(52)48-27-15-33-55-57(48)50-23-7-11-32-54(50)60-55/h1-37H. The zero-order chi connectivity index (χ0) is 40.3. The fraction of sp³-hybridized carbons (Fsp3) is 0. The Morgan fingerprint density at radius 1 is 0.279 bits per heavy atom. The molecule has 2 aromatic heterocycles. The third kappa shape index (κ3) is 5.96. The molecule has 0 aliphatic carbocycles. The first-order valence-electron chi connectivity index (χ1n) is 20.8. The summed E-state index contributed by atoms with van der Waals surface area (Å²) in [5.74, 6) is 0. The highest BCUT2D eigenvalue weighted by Crippen LogP contribution is 2.50. The Bertz CT molecular complexity index is 3590. The summed E-state index contributed by atoms with van der Waals surface area (Å²) in [5.41, 5.74) is 13.0. The van der Waals surface area contributed by atoms with Crippen LogP contribution in [0.1, 0.15) is 0 Å². The van der Waals surface area contributed by atoms with Gasteiger partial charge in [0.1, 0.15) is 0 Å². The lowest BCUT2D eigenvalue weighted by molar-refractivity contribution is 1.29. The van der Waals surface area contributed by atoms with Gasteiger partial charge in [0.15, 0.2) is 0 Å². The first-order valence-corrected chi connectivity index (χ1v) is 22.4. The van der Waals surface area contributed by atoms with Gasteiger partial charge in [-0.1, -0.05) is 182 Å². The molecule has 0 atom stereocenters. The number of anilines is 3. The lowest BCUT2D eigenvalue weighted by Gasteiger charge is -2.30. The van der Waals surface area contributed by atoms with E-state index in [1.54, 1.807) is 0 Å². The van der Waals surface area contributed by atoms with E-state index < -0.39 is 0 Å². The Labute approximate surface area is 362 Å². The Morgan fingerprint density at radius 2 is 0.770 bits per heavy atom. The van der Waals surface area contributed by atoms with E-state index in [4.69, 9.17) is 0 Å². The second-order valence-electron chi connectivity index (χ2n) is 15.5. The zero-order valence-electron chi connectivity index (χ0n) is 33.1. The molecule has 0 amide bonds. The lowest BCUT2D eigenvalue weighted by atomic mass is 9.90. The molecule has 0 bridgehead atoms. The molecule has 12 aromatic rings. The zero-order valence-corrected chi connectivity index (χ0v) is 34.8. The van der Waals surface area contributed by atoms with Crippen molar-refractivity contribution in [2.24, 2.45) is 0 Å². The Hall–Kier alpha value is -7.30. The van der Waals surface area contributed by atoms with Gasteiger partial charge < -0.3 is 4.90 Å². The maximum Gasteiger partial charge on any atom is 0.0540 e. The summed E-state index contributed by atoms with van der Waals surface area (Å²) in [6.45, 7) is 0. The lowest BCUT2D eigenvalue weighted by Crippen LogP contribution is -2.12. The van der Waals surface area contributed by atoms with Crippen LogP contribution in [0.4, 0.5) is 17.1 Å². The van der Waals surface area contributed by atoms with Crippen molar-refractivity contribution in [1.82, 2.24) is 0 Å². The van der Waals surface area contributed by atoms with Crippen LogP contribution in [0, 0.1) is 0 Å². The molecule has 0 N–H and O–H groups in total. The van der Waals surface area contributed by atoms with E-state index in [-0.39, 0.29) is 0 Å². The number of rotatable bonds is 7. The SMILES string of the molecule is c1ccc(-c2cccc3cccc(-c4ccccc4N(c4ccc(-c5cccc6c5sc5ccccc56)cc4)c4ccccc4-c4cccc5sc6ccccc6c45)c23)cc1. The van der Waals surface area contributed by atoms with Crippen molar-refractivity contribution >= 4 is 90.9 Å². The summed E-state index contributed by atoms with van der Waals surface area (Å²) < 4.78 is 5.24. The summed E-state index contributed by atoms with van der Waals surface area (Å²) in [4.78, 5) is 2.49. The average molecular weight is 812 g/mol. The molecule has 12 rings (SSSR count). The molecule has 0 spiro atoms. The molecule has 0 saturated carbocycles. The Morgan fingerprint density at radius 3 is 1.51 bits per heavy atom. The Balaban J connectivity index is 1.10. The molecule has 286 valence electrons. The monoisotopic (exact) mass is 811 g/mol. The topological polar surface area (TPSA) is 3.24 Å². The van der Waals surface area contributed by atoms with Crippen molar-refractivity contribution in [2.75, 3.05) is 4.90 Å². The van der Waals surface area contributed by atoms with Crippen LogP contribution in [-0.4, -0.2) is 0 Å². The number of para-hydroxylation sites is 2. The molecule has 3 heteroatoms. The number of thiophene rings is 2. The highest BCUT2D eigenvalue weighted by Gasteiger charge is 2.23. The first-order chi connectivity index (χ1) is 30.3. The van der Waals surface area contributed by atoms with Gasteiger partial charge in [-0.3, -0.25) is 0 Å². The van der Waals surface area contributed by atoms with Crippen LogP contribution in [0.5, 0.6) is 0 Å². The molecule has 0 unspecified atom stereocenters. The van der Waals surface area contributed by atoms with Crippen molar-refractivity contribution in [1.29, 1.82) is 0 Å². The minimum absolute atomic E-state index is 1.10. The highest BCUT2D eigenvalue weighted by atomic mass is 32.1. The van der Waals surface area contributed by atoms with Crippen molar-refractivity contribution in [2.45, 2.75) is 0 Å². The van der Waals surface area contributed by atoms with Gasteiger partial charge in [-0.25, -0.2) is 0 Å². The minimum Gasteiger partial charge on any atom is -0.309 e. The van der Waals surface area contributed by atoms with E-state index in [9.17, 15) is 0 Å². The largest absolute Gasteiger partial charge is 0.309 e. The molecule has 2 heterocycles. The van der Waals surface area contributed by atoms with Crippen LogP contribution >= 0.6 is 22.7 Å². The van der Waals surface area contributed by atoms with E-state index in [1.807, 2.05) is 22.7 Å². The summed E-state index contributed by atoms with van der Waals surface area (Å²) in [5, 5.41) is 7.69. The molecule has 0 aliphatic heterocycles. The van der Waals surface area contributed by atoms with Gasteiger partial charge in [0.2, 0.25) is 0 Å². The van der Waals surface area contributed by atoms with Crippen molar-refractivity contribution in [3.8, 4) is 44.5 Å². The summed E-state index contributed by atoms with van der Waals surface area (Å²) >= 11 is 3.75. The first kappa shape index (κ1) is 35.6. The minimum atomic E-state index is 1.10. The predicted octanol–water partition coefficient (Wildman–Crippen LogP) is 17.7. The number of hydrogen-bond acceptors (Lipinski definition) is 3. The summed E-state index contributed by atoms with van der Waals surface area (Å²) in [6, 6.07) is 82.5. The van der Waals surface area contributed by atoms with E-state index in [0.717, 1.165) is 17.1 Å². The third-order valence-electron chi connectivity index (χ3n) is 12.1. The van der Waals surface area contributed by atoms with E-state index >= 15 is 0 Å². The smallest absolute Gasteiger partial charge is 0.0540 e. The summed E-state index contributed by atoms with van der Waals surface area (Å²) in [6.07, 6.45) is 0. The molecule has 0 aliphatic rings. The maximum absolute atomic E-state index is 2.49. The fourth-order valence-electron chi connectivity index (χ4n) is 9.39. The number of nitrogens with zero attached hydrogens (tertiary/aromatic N) is 1. The van der Waals surface area contributed by atoms with Crippen LogP contribution < -0.4 is 4.90 Å². The highest BCUT2D eigenvalue weighted by molar-refractivity contribution is 7.26.